The highest BCUT2D eigenvalue weighted by molar-refractivity contribution is 6.11. The maximum absolute atomic E-state index is 6.33. The fraction of sp³-hybridized carbons (Fsp3) is 0.111. The SMILES string of the molecule is c1ccc(-c2ccc(CCCCc3cnc(-c4cccc5c4oc4ccccc45)c4ccccc34)cn2)cc1. The lowest BCUT2D eigenvalue weighted by Crippen LogP contribution is -1.95. The van der Waals surface area contributed by atoms with E-state index in [4.69, 9.17) is 9.40 Å². The zero-order chi connectivity index (χ0) is 26.0. The third-order valence-corrected chi connectivity index (χ3v) is 7.59. The molecule has 0 aliphatic rings. The summed E-state index contributed by atoms with van der Waals surface area (Å²) in [4.78, 5) is 9.69. The number of aromatic nitrogens is 2. The zero-order valence-electron chi connectivity index (χ0n) is 21.7. The van der Waals surface area contributed by atoms with Crippen molar-refractivity contribution < 1.29 is 4.42 Å². The maximum Gasteiger partial charge on any atom is 0.144 e. The first-order valence-electron chi connectivity index (χ1n) is 13.6. The lowest BCUT2D eigenvalue weighted by Gasteiger charge is -2.11. The Balaban J connectivity index is 1.11. The molecule has 4 aromatic carbocycles. The van der Waals surface area contributed by atoms with Crippen molar-refractivity contribution in [2.24, 2.45) is 0 Å². The second-order valence-electron chi connectivity index (χ2n) is 10.1. The smallest absolute Gasteiger partial charge is 0.144 e. The second-order valence-corrected chi connectivity index (χ2v) is 10.1. The first-order chi connectivity index (χ1) is 19.3. The molecule has 0 fully saturated rings. The van der Waals surface area contributed by atoms with Crippen molar-refractivity contribution in [2.75, 3.05) is 0 Å². The minimum absolute atomic E-state index is 0.899. The predicted octanol–water partition coefficient (Wildman–Crippen LogP) is 9.43. The summed E-state index contributed by atoms with van der Waals surface area (Å²) in [6.07, 6.45) is 8.32. The fourth-order valence-corrected chi connectivity index (χ4v) is 5.60. The number of nitrogens with zero attached hydrogens (tertiary/aromatic N) is 2. The van der Waals surface area contributed by atoms with E-state index in [1.165, 1.54) is 21.9 Å². The third-order valence-electron chi connectivity index (χ3n) is 7.59. The number of fused-ring (bicyclic) bond motifs is 4. The minimum atomic E-state index is 0.899. The van der Waals surface area contributed by atoms with E-state index in [1.807, 2.05) is 24.4 Å². The molecule has 0 aliphatic heterocycles. The predicted molar refractivity (Wildman–Crippen MR) is 161 cm³/mol. The van der Waals surface area contributed by atoms with Crippen LogP contribution in [0.25, 0.3) is 55.2 Å². The van der Waals surface area contributed by atoms with Crippen LogP contribution in [-0.4, -0.2) is 9.97 Å². The van der Waals surface area contributed by atoms with Crippen LogP contribution in [0.1, 0.15) is 24.0 Å². The van der Waals surface area contributed by atoms with Crippen molar-refractivity contribution >= 4 is 32.7 Å². The molecule has 3 nitrogen and oxygen atoms in total. The van der Waals surface area contributed by atoms with Gasteiger partial charge < -0.3 is 4.42 Å². The summed E-state index contributed by atoms with van der Waals surface area (Å²) in [5, 5.41) is 4.71. The summed E-state index contributed by atoms with van der Waals surface area (Å²) < 4.78 is 6.33. The van der Waals surface area contributed by atoms with Crippen molar-refractivity contribution in [2.45, 2.75) is 25.7 Å². The molecule has 7 aromatic rings. The van der Waals surface area contributed by atoms with Gasteiger partial charge in [-0.3, -0.25) is 9.97 Å². The van der Waals surface area contributed by atoms with Crippen molar-refractivity contribution in [1.82, 2.24) is 9.97 Å². The van der Waals surface area contributed by atoms with E-state index in [0.29, 0.717) is 0 Å². The van der Waals surface area contributed by atoms with Crippen molar-refractivity contribution in [1.29, 1.82) is 0 Å². The van der Waals surface area contributed by atoms with Crippen molar-refractivity contribution in [3.05, 3.63) is 133 Å². The topological polar surface area (TPSA) is 38.9 Å². The number of rotatable bonds is 7. The molecular formula is C36H28N2O. The summed E-state index contributed by atoms with van der Waals surface area (Å²) in [5.74, 6) is 0. The molecule has 0 saturated heterocycles. The van der Waals surface area contributed by atoms with E-state index in [9.17, 15) is 0 Å². The number of aryl methyl sites for hydroxylation is 2. The summed E-state index contributed by atoms with van der Waals surface area (Å²) in [5.41, 5.74) is 8.58. The Morgan fingerprint density at radius 3 is 2.13 bits per heavy atom. The van der Waals surface area contributed by atoms with Gasteiger partial charge >= 0.3 is 0 Å². The summed E-state index contributed by atoms with van der Waals surface area (Å²) >= 11 is 0. The number of unbranched alkanes of at least 4 members (excludes halogenated alkanes) is 1. The quantitative estimate of drug-likeness (QED) is 0.203. The van der Waals surface area contributed by atoms with Crippen LogP contribution >= 0.6 is 0 Å². The maximum atomic E-state index is 6.33. The van der Waals surface area contributed by atoms with Crippen LogP contribution in [0.15, 0.2) is 126 Å². The van der Waals surface area contributed by atoms with E-state index >= 15 is 0 Å². The number of furan rings is 1. The molecule has 0 spiro atoms. The number of hydrogen-bond donors (Lipinski definition) is 0. The molecule has 0 radical (unpaired) electrons. The van der Waals surface area contributed by atoms with Crippen LogP contribution in [0.2, 0.25) is 0 Å². The Bertz CT molecular complexity index is 1900. The van der Waals surface area contributed by atoms with Crippen LogP contribution in [0.5, 0.6) is 0 Å². The average Bonchev–Trinajstić information content (AvgIpc) is 3.39. The molecule has 0 unspecified atom stereocenters. The highest BCUT2D eigenvalue weighted by Gasteiger charge is 2.16. The molecule has 7 rings (SSSR count). The van der Waals surface area contributed by atoms with Gasteiger partial charge in [0.25, 0.3) is 0 Å². The lowest BCUT2D eigenvalue weighted by molar-refractivity contribution is 0.670. The van der Waals surface area contributed by atoms with E-state index in [2.05, 4.69) is 102 Å². The lowest BCUT2D eigenvalue weighted by atomic mass is 9.96. The molecule has 3 heteroatoms. The van der Waals surface area contributed by atoms with Crippen LogP contribution in [0.3, 0.4) is 0 Å². The van der Waals surface area contributed by atoms with Crippen molar-refractivity contribution in [3.8, 4) is 22.5 Å². The number of para-hydroxylation sites is 2. The fourth-order valence-electron chi connectivity index (χ4n) is 5.60. The van der Waals surface area contributed by atoms with Gasteiger partial charge in [0, 0.05) is 39.7 Å². The number of pyridine rings is 2. The standard InChI is InChI=1S/C36H28N2O/c1-2-12-26(13-3-1)33-22-21-25(23-37-33)11-4-5-14-27-24-38-35(30-17-7-6-15-28(27)30)32-19-10-18-31-29-16-8-9-20-34(29)39-36(31)32/h1-3,6-10,12-13,15-24H,4-5,11,14H2. The molecule has 188 valence electrons. The van der Waals surface area contributed by atoms with Crippen LogP contribution in [0.4, 0.5) is 0 Å². The zero-order valence-corrected chi connectivity index (χ0v) is 21.7. The Kier molecular flexibility index (Phi) is 6.10. The van der Waals surface area contributed by atoms with Gasteiger partial charge in [0.05, 0.1) is 11.4 Å². The van der Waals surface area contributed by atoms with Crippen LogP contribution in [0, 0.1) is 0 Å². The molecule has 0 bridgehead atoms. The Hall–Kier alpha value is -4.76. The molecule has 3 aromatic heterocycles. The number of hydrogen-bond acceptors (Lipinski definition) is 3. The molecule has 0 amide bonds. The average molecular weight is 505 g/mol. The molecule has 0 N–H and O–H groups in total. The van der Waals surface area contributed by atoms with Gasteiger partial charge in [-0.25, -0.2) is 0 Å². The summed E-state index contributed by atoms with van der Waals surface area (Å²) in [7, 11) is 0. The summed E-state index contributed by atoms with van der Waals surface area (Å²) in [6, 6.07) is 37.9. The molecular weight excluding hydrogens is 476 g/mol. The molecule has 0 atom stereocenters. The Morgan fingerprint density at radius 1 is 0.538 bits per heavy atom. The van der Waals surface area contributed by atoms with E-state index in [-0.39, 0.29) is 0 Å². The van der Waals surface area contributed by atoms with Gasteiger partial charge in [-0.05, 0) is 60.4 Å². The molecule has 0 saturated carbocycles. The first kappa shape index (κ1) is 23.4. The molecule has 39 heavy (non-hydrogen) atoms. The van der Waals surface area contributed by atoms with Gasteiger partial charge in [-0.2, -0.15) is 0 Å². The van der Waals surface area contributed by atoms with E-state index in [0.717, 1.165) is 70.1 Å². The van der Waals surface area contributed by atoms with E-state index < -0.39 is 0 Å². The molecule has 0 aliphatic carbocycles. The Morgan fingerprint density at radius 2 is 1.28 bits per heavy atom. The van der Waals surface area contributed by atoms with Gasteiger partial charge in [-0.1, -0.05) is 91.0 Å². The van der Waals surface area contributed by atoms with Gasteiger partial charge in [0.1, 0.15) is 11.2 Å². The van der Waals surface area contributed by atoms with Gasteiger partial charge in [0.15, 0.2) is 0 Å². The van der Waals surface area contributed by atoms with Gasteiger partial charge in [-0.15, -0.1) is 0 Å². The first-order valence-corrected chi connectivity index (χ1v) is 13.6. The van der Waals surface area contributed by atoms with Crippen LogP contribution in [-0.2, 0) is 12.8 Å². The minimum Gasteiger partial charge on any atom is -0.455 e. The second kappa shape index (κ2) is 10.2. The van der Waals surface area contributed by atoms with Gasteiger partial charge in [0.2, 0.25) is 0 Å². The van der Waals surface area contributed by atoms with Crippen LogP contribution < -0.4 is 0 Å². The highest BCUT2D eigenvalue weighted by Crippen LogP contribution is 2.38. The monoisotopic (exact) mass is 504 g/mol. The Labute approximate surface area is 227 Å². The summed E-state index contributed by atoms with van der Waals surface area (Å²) in [6.45, 7) is 0. The highest BCUT2D eigenvalue weighted by atomic mass is 16.3. The third kappa shape index (κ3) is 4.46. The number of benzene rings is 4. The van der Waals surface area contributed by atoms with Crippen molar-refractivity contribution in [3.63, 3.8) is 0 Å². The normalized spacial score (nSPS) is 11.5. The molecule has 3 heterocycles. The van der Waals surface area contributed by atoms with E-state index in [1.54, 1.807) is 0 Å². The largest absolute Gasteiger partial charge is 0.455 e.